The summed E-state index contributed by atoms with van der Waals surface area (Å²) in [6.07, 6.45) is -0.0408. The Balaban J connectivity index is 1.53. The number of hydrogen-bond donors (Lipinski definition) is 1. The van der Waals surface area contributed by atoms with Gasteiger partial charge in [0.1, 0.15) is 5.82 Å². The molecule has 1 fully saturated rings. The van der Waals surface area contributed by atoms with Crippen molar-refractivity contribution in [2.24, 2.45) is 5.92 Å². The van der Waals surface area contributed by atoms with E-state index >= 15 is 0 Å². The van der Waals surface area contributed by atoms with Crippen molar-refractivity contribution in [2.45, 2.75) is 6.42 Å². The first-order chi connectivity index (χ1) is 13.3. The highest BCUT2D eigenvalue weighted by Crippen LogP contribution is 2.27. The van der Waals surface area contributed by atoms with Gasteiger partial charge in [0.25, 0.3) is 5.91 Å². The van der Waals surface area contributed by atoms with E-state index < -0.39 is 30.2 Å². The van der Waals surface area contributed by atoms with Crippen LogP contribution in [0.2, 0.25) is 10.0 Å². The number of hydrogen-bond acceptors (Lipinski definition) is 4. The van der Waals surface area contributed by atoms with Crippen LogP contribution in [0, 0.1) is 11.7 Å². The highest BCUT2D eigenvalue weighted by Gasteiger charge is 2.36. The summed E-state index contributed by atoms with van der Waals surface area (Å²) in [5, 5.41) is 3.19. The molecule has 0 bridgehead atoms. The number of nitrogens with one attached hydrogen (secondary N) is 1. The van der Waals surface area contributed by atoms with E-state index in [1.165, 1.54) is 41.3 Å². The zero-order valence-electron chi connectivity index (χ0n) is 14.5. The van der Waals surface area contributed by atoms with Crippen molar-refractivity contribution >= 4 is 52.4 Å². The maximum absolute atomic E-state index is 13.0. The number of carbonyl (C=O) groups excluding carboxylic acids is 3. The zero-order valence-corrected chi connectivity index (χ0v) is 16.0. The first-order valence-corrected chi connectivity index (χ1v) is 9.06. The summed E-state index contributed by atoms with van der Waals surface area (Å²) in [5.41, 5.74) is 0.836. The average molecular weight is 425 g/mol. The molecule has 1 aliphatic heterocycles. The smallest absolute Gasteiger partial charge is 0.311 e. The molecule has 1 aliphatic rings. The van der Waals surface area contributed by atoms with Crippen molar-refractivity contribution in [3.63, 3.8) is 0 Å². The van der Waals surface area contributed by atoms with Gasteiger partial charge in [0.15, 0.2) is 6.61 Å². The largest absolute Gasteiger partial charge is 0.455 e. The summed E-state index contributed by atoms with van der Waals surface area (Å²) in [6.45, 7) is -0.410. The van der Waals surface area contributed by atoms with Crippen LogP contribution in [-0.2, 0) is 19.1 Å². The van der Waals surface area contributed by atoms with Crippen LogP contribution in [0.5, 0.6) is 0 Å². The molecule has 6 nitrogen and oxygen atoms in total. The van der Waals surface area contributed by atoms with Crippen LogP contribution in [0.1, 0.15) is 6.42 Å². The molecule has 0 aliphatic carbocycles. The van der Waals surface area contributed by atoms with Crippen molar-refractivity contribution in [3.8, 4) is 0 Å². The van der Waals surface area contributed by atoms with Crippen molar-refractivity contribution in [3.05, 3.63) is 58.3 Å². The van der Waals surface area contributed by atoms with E-state index in [1.54, 1.807) is 6.07 Å². The molecule has 2 amide bonds. The molecule has 2 aromatic rings. The van der Waals surface area contributed by atoms with Gasteiger partial charge in [-0.05, 0) is 42.5 Å². The van der Waals surface area contributed by atoms with Crippen molar-refractivity contribution in [2.75, 3.05) is 23.4 Å². The zero-order chi connectivity index (χ0) is 20.3. The fourth-order valence-corrected chi connectivity index (χ4v) is 3.22. The third-order valence-corrected chi connectivity index (χ3v) is 4.70. The van der Waals surface area contributed by atoms with Gasteiger partial charge in [0.2, 0.25) is 5.91 Å². The number of amides is 2. The second-order valence-electron chi connectivity index (χ2n) is 6.16. The Hall–Kier alpha value is -2.64. The summed E-state index contributed by atoms with van der Waals surface area (Å²) in [5.74, 6) is -2.62. The molecule has 28 heavy (non-hydrogen) atoms. The Morgan fingerprint density at radius 3 is 2.57 bits per heavy atom. The Labute approximate surface area is 170 Å². The molecule has 1 atom stereocenters. The molecule has 0 radical (unpaired) electrons. The maximum Gasteiger partial charge on any atom is 0.311 e. The van der Waals surface area contributed by atoms with E-state index in [1.807, 2.05) is 0 Å². The third kappa shape index (κ3) is 4.79. The third-order valence-electron chi connectivity index (χ3n) is 4.15. The minimum atomic E-state index is -0.704. The van der Waals surface area contributed by atoms with Crippen molar-refractivity contribution in [1.82, 2.24) is 0 Å². The first kappa shape index (κ1) is 20.1. The minimum absolute atomic E-state index is 0.0408. The van der Waals surface area contributed by atoms with E-state index in [4.69, 9.17) is 27.9 Å². The Morgan fingerprint density at radius 1 is 1.18 bits per heavy atom. The Kier molecular flexibility index (Phi) is 6.16. The molecular weight excluding hydrogens is 410 g/mol. The number of anilines is 2. The van der Waals surface area contributed by atoms with Gasteiger partial charge < -0.3 is 15.0 Å². The van der Waals surface area contributed by atoms with E-state index in [0.29, 0.717) is 16.4 Å². The van der Waals surface area contributed by atoms with Crippen LogP contribution in [0.4, 0.5) is 15.8 Å². The monoisotopic (exact) mass is 424 g/mol. The fourth-order valence-electron chi connectivity index (χ4n) is 2.77. The molecule has 3 rings (SSSR count). The van der Waals surface area contributed by atoms with Crippen LogP contribution < -0.4 is 10.2 Å². The normalized spacial score (nSPS) is 16.2. The summed E-state index contributed by atoms with van der Waals surface area (Å²) in [6, 6.07) is 9.96. The number of carbonyl (C=O) groups is 3. The molecular formula is C19H15Cl2FN2O4. The SMILES string of the molecule is O=C(COC(=O)[C@H]1CC(=O)N(c2ccc(F)cc2)C1)Nc1ccc(Cl)cc1Cl. The standard InChI is InChI=1S/C19H15Cl2FN2O4/c20-12-1-6-16(15(21)8-12)23-17(25)10-28-19(27)11-7-18(26)24(9-11)14-4-2-13(22)3-5-14/h1-6,8,11H,7,9-10H2,(H,23,25)/t11-/m0/s1. The van der Waals surface area contributed by atoms with Crippen molar-refractivity contribution < 1.29 is 23.5 Å². The highest BCUT2D eigenvalue weighted by atomic mass is 35.5. The fraction of sp³-hybridized carbons (Fsp3) is 0.211. The quantitative estimate of drug-likeness (QED) is 0.742. The van der Waals surface area contributed by atoms with Gasteiger partial charge in [0, 0.05) is 23.7 Å². The van der Waals surface area contributed by atoms with Gasteiger partial charge in [-0.1, -0.05) is 23.2 Å². The summed E-state index contributed by atoms with van der Waals surface area (Å²) < 4.78 is 18.0. The molecule has 146 valence electrons. The number of benzene rings is 2. The van der Waals surface area contributed by atoms with E-state index in [0.717, 1.165) is 0 Å². The van der Waals surface area contributed by atoms with E-state index in [2.05, 4.69) is 5.32 Å². The maximum atomic E-state index is 13.0. The lowest BCUT2D eigenvalue weighted by atomic mass is 10.1. The molecule has 0 aromatic heterocycles. The van der Waals surface area contributed by atoms with Crippen LogP contribution >= 0.6 is 23.2 Å². The number of nitrogens with zero attached hydrogens (tertiary/aromatic N) is 1. The minimum Gasteiger partial charge on any atom is -0.455 e. The molecule has 1 heterocycles. The van der Waals surface area contributed by atoms with Gasteiger partial charge in [-0.3, -0.25) is 14.4 Å². The molecule has 9 heteroatoms. The number of rotatable bonds is 5. The van der Waals surface area contributed by atoms with Crippen LogP contribution in [-0.4, -0.2) is 30.9 Å². The highest BCUT2D eigenvalue weighted by molar-refractivity contribution is 6.36. The summed E-state index contributed by atoms with van der Waals surface area (Å²) >= 11 is 11.8. The predicted octanol–water partition coefficient (Wildman–Crippen LogP) is 3.67. The Bertz CT molecular complexity index is 921. The second kappa shape index (κ2) is 8.58. The summed E-state index contributed by atoms with van der Waals surface area (Å²) in [4.78, 5) is 37.7. The molecule has 0 saturated carbocycles. The topological polar surface area (TPSA) is 75.7 Å². The first-order valence-electron chi connectivity index (χ1n) is 8.31. The molecule has 1 N–H and O–H groups in total. The van der Waals surface area contributed by atoms with Crippen LogP contribution in [0.3, 0.4) is 0 Å². The van der Waals surface area contributed by atoms with Gasteiger partial charge >= 0.3 is 5.97 Å². The number of esters is 1. The van der Waals surface area contributed by atoms with Gasteiger partial charge in [0.05, 0.1) is 16.6 Å². The Morgan fingerprint density at radius 2 is 1.89 bits per heavy atom. The average Bonchev–Trinajstić information content (AvgIpc) is 3.04. The van der Waals surface area contributed by atoms with Crippen LogP contribution in [0.15, 0.2) is 42.5 Å². The van der Waals surface area contributed by atoms with Gasteiger partial charge in [-0.2, -0.15) is 0 Å². The second-order valence-corrected chi connectivity index (χ2v) is 7.01. The molecule has 0 unspecified atom stereocenters. The van der Waals surface area contributed by atoms with E-state index in [9.17, 15) is 18.8 Å². The van der Waals surface area contributed by atoms with Crippen LogP contribution in [0.25, 0.3) is 0 Å². The van der Waals surface area contributed by atoms with Gasteiger partial charge in [-0.25, -0.2) is 4.39 Å². The molecule has 1 saturated heterocycles. The van der Waals surface area contributed by atoms with Crippen molar-refractivity contribution in [1.29, 1.82) is 0 Å². The lowest BCUT2D eigenvalue weighted by molar-refractivity contribution is -0.151. The lowest BCUT2D eigenvalue weighted by Gasteiger charge is -2.16. The summed E-state index contributed by atoms with van der Waals surface area (Å²) in [7, 11) is 0. The molecule has 2 aromatic carbocycles. The number of halogens is 3. The predicted molar refractivity (Wildman–Crippen MR) is 103 cm³/mol. The van der Waals surface area contributed by atoms with Gasteiger partial charge in [-0.15, -0.1) is 0 Å². The lowest BCUT2D eigenvalue weighted by Crippen LogP contribution is -2.28. The molecule has 0 spiro atoms. The number of ether oxygens (including phenoxy) is 1. The van der Waals surface area contributed by atoms with E-state index in [-0.39, 0.29) is 23.9 Å².